The maximum absolute atomic E-state index is 12.0. The highest BCUT2D eigenvalue weighted by Crippen LogP contribution is 2.14. The summed E-state index contributed by atoms with van der Waals surface area (Å²) in [6, 6.07) is 15.9. The van der Waals surface area contributed by atoms with E-state index in [1.807, 2.05) is 43.3 Å². The van der Waals surface area contributed by atoms with Gasteiger partial charge in [0.2, 0.25) is 0 Å². The minimum atomic E-state index is 0.100. The summed E-state index contributed by atoms with van der Waals surface area (Å²) in [5.41, 5.74) is 4.15. The number of carbonyl (C=O) groups is 1. The number of aryl methyl sites for hydroxylation is 2. The van der Waals surface area contributed by atoms with Crippen LogP contribution in [-0.4, -0.2) is 12.0 Å². The van der Waals surface area contributed by atoms with E-state index < -0.39 is 0 Å². The van der Waals surface area contributed by atoms with Gasteiger partial charge in [-0.1, -0.05) is 55.3 Å². The van der Waals surface area contributed by atoms with Gasteiger partial charge in [-0.25, -0.2) is 0 Å². The predicted molar refractivity (Wildman–Crippen MR) is 93.3 cm³/mol. The van der Waals surface area contributed by atoms with Gasteiger partial charge in [-0.2, -0.15) is 0 Å². The molecular formula is C20H23NO. The zero-order valence-electron chi connectivity index (χ0n) is 13.4. The molecule has 0 aromatic heterocycles. The molecule has 0 radical (unpaired) electrons. The van der Waals surface area contributed by atoms with Crippen LogP contribution in [0.1, 0.15) is 47.7 Å². The second-order valence-corrected chi connectivity index (χ2v) is 5.58. The Morgan fingerprint density at radius 2 is 1.73 bits per heavy atom. The molecule has 0 spiro atoms. The molecule has 0 saturated carbocycles. The number of unbranched alkanes of at least 4 members (excludes halogenated alkanes) is 1. The van der Waals surface area contributed by atoms with Gasteiger partial charge in [0.15, 0.2) is 5.78 Å². The van der Waals surface area contributed by atoms with E-state index in [9.17, 15) is 4.79 Å². The van der Waals surface area contributed by atoms with Crippen molar-refractivity contribution >= 4 is 17.7 Å². The Bertz CT molecular complexity index is 624. The summed E-state index contributed by atoms with van der Waals surface area (Å²) in [7, 11) is 0. The van der Waals surface area contributed by atoms with Gasteiger partial charge in [0, 0.05) is 18.2 Å². The van der Waals surface area contributed by atoms with Crippen LogP contribution in [0.25, 0.3) is 0 Å². The highest BCUT2D eigenvalue weighted by molar-refractivity contribution is 6.03. The maximum atomic E-state index is 12.0. The first-order valence-corrected chi connectivity index (χ1v) is 7.90. The number of carbonyl (C=O) groups excluding carboxylic acids is 1. The van der Waals surface area contributed by atoms with E-state index in [-0.39, 0.29) is 5.78 Å². The molecule has 0 aliphatic carbocycles. The molecule has 0 amide bonds. The molecule has 114 valence electrons. The third-order valence-electron chi connectivity index (χ3n) is 3.65. The number of hydrogen-bond donors (Lipinski definition) is 0. The van der Waals surface area contributed by atoms with Gasteiger partial charge in [0.1, 0.15) is 0 Å². The number of ketones is 1. The molecule has 2 nitrogen and oxygen atoms in total. The molecule has 0 heterocycles. The van der Waals surface area contributed by atoms with E-state index in [0.29, 0.717) is 6.42 Å². The van der Waals surface area contributed by atoms with Crippen LogP contribution in [-0.2, 0) is 6.42 Å². The van der Waals surface area contributed by atoms with Crippen LogP contribution in [0.5, 0.6) is 0 Å². The largest absolute Gasteiger partial charge is 0.294 e. The highest BCUT2D eigenvalue weighted by Gasteiger charge is 2.03. The van der Waals surface area contributed by atoms with Crippen molar-refractivity contribution in [2.75, 3.05) is 0 Å². The van der Waals surface area contributed by atoms with Crippen molar-refractivity contribution in [1.29, 1.82) is 0 Å². The summed E-state index contributed by atoms with van der Waals surface area (Å²) in [6.07, 6.45) is 5.57. The summed E-state index contributed by atoms with van der Waals surface area (Å²) < 4.78 is 0. The average Bonchev–Trinajstić information content (AvgIpc) is 2.54. The third kappa shape index (κ3) is 4.96. The fraction of sp³-hybridized carbons (Fsp3) is 0.300. The summed E-state index contributed by atoms with van der Waals surface area (Å²) in [6.45, 7) is 4.21. The van der Waals surface area contributed by atoms with Crippen LogP contribution < -0.4 is 0 Å². The van der Waals surface area contributed by atoms with Gasteiger partial charge in [0.05, 0.1) is 5.69 Å². The molecule has 22 heavy (non-hydrogen) atoms. The topological polar surface area (TPSA) is 29.4 Å². The first-order chi connectivity index (χ1) is 10.7. The van der Waals surface area contributed by atoms with Gasteiger partial charge in [0.25, 0.3) is 0 Å². The normalized spacial score (nSPS) is 11.0. The second-order valence-electron chi connectivity index (χ2n) is 5.58. The van der Waals surface area contributed by atoms with Crippen LogP contribution in [0.2, 0.25) is 0 Å². The van der Waals surface area contributed by atoms with E-state index in [1.165, 1.54) is 18.4 Å². The average molecular weight is 293 g/mol. The first kappa shape index (κ1) is 16.2. The van der Waals surface area contributed by atoms with Crippen LogP contribution >= 0.6 is 0 Å². The molecule has 0 bridgehead atoms. The van der Waals surface area contributed by atoms with E-state index in [4.69, 9.17) is 0 Å². The Kier molecular flexibility index (Phi) is 6.08. The summed E-state index contributed by atoms with van der Waals surface area (Å²) in [4.78, 5) is 16.4. The lowest BCUT2D eigenvalue weighted by atomic mass is 10.1. The predicted octanol–water partition coefficient (Wildman–Crippen LogP) is 5.31. The Labute approximate surface area is 132 Å². The van der Waals surface area contributed by atoms with Gasteiger partial charge in [-0.15, -0.1) is 0 Å². The van der Waals surface area contributed by atoms with Crippen molar-refractivity contribution in [3.05, 3.63) is 65.2 Å². The lowest BCUT2D eigenvalue weighted by Crippen LogP contribution is -1.99. The molecule has 0 aliphatic heterocycles. The Hall–Kier alpha value is -2.22. The van der Waals surface area contributed by atoms with E-state index in [0.717, 1.165) is 23.2 Å². The molecule has 2 rings (SSSR count). The maximum Gasteiger partial charge on any atom is 0.168 e. The standard InChI is InChI=1S/C20H23NO/c1-3-4-5-17-8-12-19(13-9-17)21-15-14-20(22)18-10-6-16(2)7-11-18/h6-13,15H,3-5,14H2,1-2H3. The lowest BCUT2D eigenvalue weighted by Gasteiger charge is -2.00. The van der Waals surface area contributed by atoms with Crippen molar-refractivity contribution in [3.63, 3.8) is 0 Å². The first-order valence-electron chi connectivity index (χ1n) is 7.90. The second kappa shape index (κ2) is 8.28. The Morgan fingerprint density at radius 1 is 1.05 bits per heavy atom. The smallest absolute Gasteiger partial charge is 0.168 e. The fourth-order valence-electron chi connectivity index (χ4n) is 2.22. The molecule has 0 atom stereocenters. The van der Waals surface area contributed by atoms with Crippen LogP contribution in [0.4, 0.5) is 5.69 Å². The minimum Gasteiger partial charge on any atom is -0.294 e. The third-order valence-corrected chi connectivity index (χ3v) is 3.65. The van der Waals surface area contributed by atoms with Gasteiger partial charge >= 0.3 is 0 Å². The molecule has 2 aromatic rings. The summed E-state index contributed by atoms with van der Waals surface area (Å²) in [5, 5.41) is 0. The molecule has 0 fully saturated rings. The number of rotatable bonds is 7. The van der Waals surface area contributed by atoms with Gasteiger partial charge in [-0.05, 0) is 37.5 Å². The Balaban J connectivity index is 1.89. The zero-order valence-corrected chi connectivity index (χ0v) is 13.4. The molecule has 2 heteroatoms. The van der Waals surface area contributed by atoms with Crippen LogP contribution in [0.15, 0.2) is 53.5 Å². The molecule has 2 aromatic carbocycles. The minimum absolute atomic E-state index is 0.100. The molecule has 0 unspecified atom stereocenters. The van der Waals surface area contributed by atoms with Gasteiger partial charge in [-0.3, -0.25) is 9.79 Å². The van der Waals surface area contributed by atoms with Crippen molar-refractivity contribution in [2.24, 2.45) is 4.99 Å². The SMILES string of the molecule is CCCCc1ccc(N=CCC(=O)c2ccc(C)cc2)cc1. The fourth-order valence-corrected chi connectivity index (χ4v) is 2.22. The van der Waals surface area contributed by atoms with Crippen molar-refractivity contribution in [1.82, 2.24) is 0 Å². The lowest BCUT2D eigenvalue weighted by molar-refractivity contribution is 0.100. The monoisotopic (exact) mass is 293 g/mol. The van der Waals surface area contributed by atoms with E-state index in [2.05, 4.69) is 24.0 Å². The van der Waals surface area contributed by atoms with Crippen molar-refractivity contribution < 1.29 is 4.79 Å². The van der Waals surface area contributed by atoms with E-state index >= 15 is 0 Å². The van der Waals surface area contributed by atoms with Crippen LogP contribution in [0.3, 0.4) is 0 Å². The number of aliphatic imine (C=N–C) groups is 1. The van der Waals surface area contributed by atoms with E-state index in [1.54, 1.807) is 6.21 Å². The van der Waals surface area contributed by atoms with Crippen molar-refractivity contribution in [3.8, 4) is 0 Å². The highest BCUT2D eigenvalue weighted by atomic mass is 16.1. The number of nitrogens with zero attached hydrogens (tertiary/aromatic N) is 1. The van der Waals surface area contributed by atoms with Crippen molar-refractivity contribution in [2.45, 2.75) is 39.5 Å². The molecule has 0 aliphatic rings. The zero-order chi connectivity index (χ0) is 15.8. The number of benzene rings is 2. The van der Waals surface area contributed by atoms with Gasteiger partial charge < -0.3 is 0 Å². The molecular weight excluding hydrogens is 270 g/mol. The number of Topliss-reactive ketones (excluding diaryl/α,β-unsaturated/α-hetero) is 1. The summed E-state index contributed by atoms with van der Waals surface area (Å²) >= 11 is 0. The molecule has 0 N–H and O–H groups in total. The quantitative estimate of drug-likeness (QED) is 0.502. The Morgan fingerprint density at radius 3 is 2.36 bits per heavy atom. The van der Waals surface area contributed by atoms with Crippen LogP contribution in [0, 0.1) is 6.92 Å². The molecule has 0 saturated heterocycles. The summed E-state index contributed by atoms with van der Waals surface area (Å²) in [5.74, 6) is 0.100. The number of hydrogen-bond acceptors (Lipinski definition) is 2.